The minimum absolute atomic E-state index is 0.0142. The van der Waals surface area contributed by atoms with Crippen LogP contribution in [0.15, 0.2) is 53.4 Å². The molecule has 1 saturated carbocycles. The predicted molar refractivity (Wildman–Crippen MR) is 150 cm³/mol. The topological polar surface area (TPSA) is 111 Å². The van der Waals surface area contributed by atoms with E-state index in [0.717, 1.165) is 37.6 Å². The van der Waals surface area contributed by atoms with E-state index in [1.54, 1.807) is 32.9 Å². The lowest BCUT2D eigenvalue weighted by molar-refractivity contribution is -0.139. The third kappa shape index (κ3) is 7.53. The molecule has 0 atom stereocenters. The monoisotopic (exact) mass is 606 g/mol. The van der Waals surface area contributed by atoms with Gasteiger partial charge in [-0.2, -0.15) is 0 Å². The van der Waals surface area contributed by atoms with Crippen molar-refractivity contribution in [1.29, 1.82) is 0 Å². The highest BCUT2D eigenvalue weighted by atomic mass is 35.5. The van der Waals surface area contributed by atoms with E-state index in [1.807, 2.05) is 0 Å². The number of benzene rings is 3. The standard InChI is InChI=1S/C29H29ClF2N2O6S/c1-29(2,3)33-28(36)18-7-9-24(40-25-15-21(31)19(12-22(25)32)14-27(35)39-4)23(13-18)34-41(37,38)26-10-8-17(11-20(26)30)16-5-6-16/h7-13,15-16,34H,5-6,14H2,1-4H3,(H,33,36). The summed E-state index contributed by atoms with van der Waals surface area (Å²) in [5, 5.41) is 2.79. The van der Waals surface area contributed by atoms with E-state index in [1.165, 1.54) is 24.3 Å². The molecule has 1 aliphatic carbocycles. The van der Waals surface area contributed by atoms with Gasteiger partial charge in [-0.3, -0.25) is 14.3 Å². The number of hydrogen-bond donors (Lipinski definition) is 2. The first kappa shape index (κ1) is 30.3. The molecule has 0 saturated heterocycles. The number of methoxy groups -OCH3 is 1. The van der Waals surface area contributed by atoms with Crippen molar-refractivity contribution < 1.29 is 36.3 Å². The van der Waals surface area contributed by atoms with E-state index in [9.17, 15) is 26.8 Å². The Morgan fingerprint density at radius 2 is 1.71 bits per heavy atom. The van der Waals surface area contributed by atoms with Crippen molar-refractivity contribution in [2.75, 3.05) is 11.8 Å². The van der Waals surface area contributed by atoms with Gasteiger partial charge in [0.15, 0.2) is 17.3 Å². The molecule has 1 fully saturated rings. The highest BCUT2D eigenvalue weighted by Gasteiger charge is 2.27. The Hall–Kier alpha value is -3.70. The fourth-order valence-corrected chi connectivity index (χ4v) is 5.60. The summed E-state index contributed by atoms with van der Waals surface area (Å²) in [6.07, 6.45) is 1.51. The summed E-state index contributed by atoms with van der Waals surface area (Å²) in [5.41, 5.74) is -0.0318. The quantitative estimate of drug-likeness (QED) is 0.275. The molecule has 0 heterocycles. The number of carbonyl (C=O) groups is 2. The molecule has 0 aliphatic heterocycles. The molecular weight excluding hydrogens is 578 g/mol. The summed E-state index contributed by atoms with van der Waals surface area (Å²) >= 11 is 6.34. The van der Waals surface area contributed by atoms with Crippen LogP contribution in [0.3, 0.4) is 0 Å². The highest BCUT2D eigenvalue weighted by molar-refractivity contribution is 7.92. The lowest BCUT2D eigenvalue weighted by Crippen LogP contribution is -2.40. The van der Waals surface area contributed by atoms with Gasteiger partial charge in [0.25, 0.3) is 15.9 Å². The summed E-state index contributed by atoms with van der Waals surface area (Å²) in [5.74, 6) is -3.64. The number of amides is 1. The molecule has 0 aromatic heterocycles. The van der Waals surface area contributed by atoms with Crippen LogP contribution in [0, 0.1) is 11.6 Å². The average Bonchev–Trinajstić information content (AvgIpc) is 3.72. The van der Waals surface area contributed by atoms with Crippen LogP contribution in [-0.2, 0) is 26.0 Å². The van der Waals surface area contributed by atoms with Gasteiger partial charge in [-0.05, 0) is 81.5 Å². The van der Waals surface area contributed by atoms with Gasteiger partial charge >= 0.3 is 5.97 Å². The van der Waals surface area contributed by atoms with Crippen LogP contribution in [0.1, 0.15) is 61.0 Å². The second-order valence-corrected chi connectivity index (χ2v) is 12.8. The van der Waals surface area contributed by atoms with E-state index in [2.05, 4.69) is 14.8 Å². The summed E-state index contributed by atoms with van der Waals surface area (Å²) in [7, 11) is -3.19. The number of nitrogens with one attached hydrogen (secondary N) is 2. The maximum atomic E-state index is 14.9. The lowest BCUT2D eigenvalue weighted by Gasteiger charge is -2.21. The number of halogens is 3. The fourth-order valence-electron chi connectivity index (χ4n) is 3.99. The summed E-state index contributed by atoms with van der Waals surface area (Å²) in [6, 6.07) is 10.0. The van der Waals surface area contributed by atoms with Crippen molar-refractivity contribution in [1.82, 2.24) is 5.32 Å². The molecular formula is C29H29ClF2N2O6S. The molecule has 2 N–H and O–H groups in total. The van der Waals surface area contributed by atoms with Gasteiger partial charge in [-0.15, -0.1) is 0 Å². The Bertz CT molecular complexity index is 1620. The maximum absolute atomic E-state index is 14.9. The number of sulfonamides is 1. The molecule has 3 aromatic carbocycles. The van der Waals surface area contributed by atoms with Crippen LogP contribution < -0.4 is 14.8 Å². The SMILES string of the molecule is COC(=O)Cc1cc(F)c(Oc2ccc(C(=O)NC(C)(C)C)cc2NS(=O)(=O)c2ccc(C3CC3)cc2Cl)cc1F. The number of rotatable bonds is 9. The lowest BCUT2D eigenvalue weighted by atomic mass is 10.1. The van der Waals surface area contributed by atoms with Gasteiger partial charge in [-0.25, -0.2) is 17.2 Å². The van der Waals surface area contributed by atoms with Crippen molar-refractivity contribution >= 4 is 39.2 Å². The summed E-state index contributed by atoms with van der Waals surface area (Å²) < 4.78 is 68.8. The van der Waals surface area contributed by atoms with Crippen molar-refractivity contribution in [3.63, 3.8) is 0 Å². The number of carbonyl (C=O) groups excluding carboxylic acids is 2. The zero-order valence-electron chi connectivity index (χ0n) is 22.8. The minimum atomic E-state index is -4.31. The Balaban J connectivity index is 1.71. The molecule has 0 spiro atoms. The van der Waals surface area contributed by atoms with Gasteiger partial charge in [-0.1, -0.05) is 17.7 Å². The van der Waals surface area contributed by atoms with Crippen LogP contribution in [0.5, 0.6) is 11.5 Å². The first-order chi connectivity index (χ1) is 19.2. The minimum Gasteiger partial charge on any atom is -0.469 e. The van der Waals surface area contributed by atoms with Crippen LogP contribution in [0.4, 0.5) is 14.5 Å². The molecule has 3 aromatic rings. The molecule has 0 bridgehead atoms. The maximum Gasteiger partial charge on any atom is 0.310 e. The van der Waals surface area contributed by atoms with Gasteiger partial charge in [0.05, 0.1) is 24.2 Å². The summed E-state index contributed by atoms with van der Waals surface area (Å²) in [6.45, 7) is 5.33. The molecule has 8 nitrogen and oxygen atoms in total. The number of esters is 1. The molecule has 0 unspecified atom stereocenters. The van der Waals surface area contributed by atoms with E-state index in [4.69, 9.17) is 16.3 Å². The van der Waals surface area contributed by atoms with Gasteiger partial charge in [0.1, 0.15) is 10.7 Å². The average molecular weight is 607 g/mol. The predicted octanol–water partition coefficient (Wildman–Crippen LogP) is 6.33. The Morgan fingerprint density at radius 1 is 1.00 bits per heavy atom. The van der Waals surface area contributed by atoms with Gasteiger partial charge in [0.2, 0.25) is 0 Å². The summed E-state index contributed by atoms with van der Waals surface area (Å²) in [4.78, 5) is 24.1. The Morgan fingerprint density at radius 3 is 2.32 bits per heavy atom. The van der Waals surface area contributed by atoms with E-state index >= 15 is 0 Å². The second kappa shape index (κ2) is 11.7. The highest BCUT2D eigenvalue weighted by Crippen LogP contribution is 2.42. The first-order valence-electron chi connectivity index (χ1n) is 12.7. The second-order valence-electron chi connectivity index (χ2n) is 10.7. The Labute approximate surface area is 242 Å². The van der Waals surface area contributed by atoms with Crippen molar-refractivity contribution in [2.24, 2.45) is 0 Å². The zero-order chi connectivity index (χ0) is 30.1. The van der Waals surface area contributed by atoms with Crippen LogP contribution >= 0.6 is 11.6 Å². The third-order valence-electron chi connectivity index (χ3n) is 6.15. The number of ether oxygens (including phenoxy) is 2. The van der Waals surface area contributed by atoms with Crippen LogP contribution in [0.2, 0.25) is 5.02 Å². The molecule has 0 radical (unpaired) electrons. The molecule has 218 valence electrons. The van der Waals surface area contributed by atoms with Gasteiger partial charge < -0.3 is 14.8 Å². The zero-order valence-corrected chi connectivity index (χ0v) is 24.4. The fraction of sp³-hybridized carbons (Fsp3) is 0.310. The molecule has 1 amide bonds. The largest absolute Gasteiger partial charge is 0.469 e. The molecule has 12 heteroatoms. The third-order valence-corrected chi connectivity index (χ3v) is 8.00. The van der Waals surface area contributed by atoms with Crippen LogP contribution in [0.25, 0.3) is 0 Å². The van der Waals surface area contributed by atoms with Crippen molar-refractivity contribution in [3.8, 4) is 11.5 Å². The van der Waals surface area contributed by atoms with Crippen molar-refractivity contribution in [2.45, 2.75) is 56.4 Å². The van der Waals surface area contributed by atoms with E-state index < -0.39 is 51.2 Å². The van der Waals surface area contributed by atoms with E-state index in [-0.39, 0.29) is 32.5 Å². The normalized spacial score (nSPS) is 13.4. The first-order valence-corrected chi connectivity index (χ1v) is 14.5. The molecule has 41 heavy (non-hydrogen) atoms. The smallest absolute Gasteiger partial charge is 0.310 e. The van der Waals surface area contributed by atoms with Crippen molar-refractivity contribution in [3.05, 3.63) is 81.9 Å². The molecule has 4 rings (SSSR count). The van der Waals surface area contributed by atoms with Gasteiger partial charge in [0, 0.05) is 22.7 Å². The molecule has 1 aliphatic rings. The number of anilines is 1. The number of hydrogen-bond acceptors (Lipinski definition) is 6. The van der Waals surface area contributed by atoms with Crippen LogP contribution in [-0.4, -0.2) is 32.9 Å². The Kier molecular flexibility index (Phi) is 8.60. The van der Waals surface area contributed by atoms with E-state index in [0.29, 0.717) is 5.92 Å².